The lowest BCUT2D eigenvalue weighted by molar-refractivity contribution is -0.258. The predicted octanol–water partition coefficient (Wildman–Crippen LogP) is 3.93. The van der Waals surface area contributed by atoms with Gasteiger partial charge in [0.05, 0.1) is 17.3 Å². The van der Waals surface area contributed by atoms with Crippen LogP contribution in [0.4, 0.5) is 23.1 Å². The fourth-order valence-corrected chi connectivity index (χ4v) is 3.25. The van der Waals surface area contributed by atoms with Crippen LogP contribution in [-0.4, -0.2) is 36.0 Å². The highest BCUT2D eigenvalue weighted by molar-refractivity contribution is 7.22. The van der Waals surface area contributed by atoms with Crippen LogP contribution in [-0.2, 0) is 9.53 Å². The number of hydrogen-bond acceptors (Lipinski definition) is 6. The summed E-state index contributed by atoms with van der Waals surface area (Å²) in [5.41, 5.74) is -3.20. The molecule has 1 aromatic heterocycles. The van der Waals surface area contributed by atoms with Crippen LogP contribution >= 0.6 is 11.3 Å². The van der Waals surface area contributed by atoms with Gasteiger partial charge in [-0.25, -0.2) is 14.6 Å². The number of urea groups is 1. The maximum atomic E-state index is 13.9. The Hall–Kier alpha value is -3.34. The molecule has 0 spiro atoms. The molecule has 29 heavy (non-hydrogen) atoms. The van der Waals surface area contributed by atoms with Crippen LogP contribution in [0.5, 0.6) is 5.75 Å². The largest absolute Gasteiger partial charge is 0.464 e. The molecule has 7 nitrogen and oxygen atoms in total. The van der Waals surface area contributed by atoms with E-state index in [2.05, 4.69) is 15.0 Å². The maximum Gasteiger partial charge on any atom is 0.460 e. The van der Waals surface area contributed by atoms with Crippen molar-refractivity contribution in [3.05, 3.63) is 54.6 Å². The van der Waals surface area contributed by atoms with Gasteiger partial charge in [-0.1, -0.05) is 41.7 Å². The van der Waals surface area contributed by atoms with Gasteiger partial charge in [0.2, 0.25) is 0 Å². The van der Waals surface area contributed by atoms with Gasteiger partial charge in [-0.3, -0.25) is 10.6 Å². The Labute approximate surface area is 166 Å². The first-order chi connectivity index (χ1) is 13.7. The number of thiazole rings is 1. The third-order valence-electron chi connectivity index (χ3n) is 3.69. The average Bonchev–Trinajstić information content (AvgIpc) is 3.08. The fourth-order valence-electron chi connectivity index (χ4n) is 2.39. The summed E-state index contributed by atoms with van der Waals surface area (Å²) in [7, 11) is 0.754. The maximum absolute atomic E-state index is 13.9. The standard InChI is InChI=1S/C18H14F3N3O4S/c1-27-14(25)17(18(19,20)21,28-11-7-3-2-4-8-11)24-15(26)23-16-22-12-9-5-6-10-13(12)29-16/h2-10H,1H3,(H2,22,23,24,26)/t17-/m1/s1. The SMILES string of the molecule is COC(=O)[C@@](NC(=O)Nc1nc2ccccc2s1)(Oc1ccccc1)C(F)(F)F. The Bertz CT molecular complexity index is 993. The van der Waals surface area contributed by atoms with Crippen LogP contribution in [0, 0.1) is 0 Å². The Morgan fingerprint density at radius 3 is 2.31 bits per heavy atom. The topological polar surface area (TPSA) is 89.5 Å². The number of hydrogen-bond donors (Lipinski definition) is 2. The molecule has 0 fully saturated rings. The number of rotatable bonds is 5. The number of esters is 1. The molecule has 0 aliphatic carbocycles. The van der Waals surface area contributed by atoms with Gasteiger partial charge in [0, 0.05) is 0 Å². The van der Waals surface area contributed by atoms with Crippen molar-refractivity contribution in [2.75, 3.05) is 12.4 Å². The molecule has 2 N–H and O–H groups in total. The highest BCUT2D eigenvalue weighted by Gasteiger charge is 2.66. The van der Waals surface area contributed by atoms with Gasteiger partial charge in [0.25, 0.3) is 0 Å². The van der Waals surface area contributed by atoms with E-state index in [1.54, 1.807) is 35.6 Å². The number of para-hydroxylation sites is 2. The lowest BCUT2D eigenvalue weighted by Crippen LogP contribution is -2.68. The van der Waals surface area contributed by atoms with Crippen molar-refractivity contribution in [2.24, 2.45) is 0 Å². The van der Waals surface area contributed by atoms with Crippen LogP contribution < -0.4 is 15.4 Å². The van der Waals surface area contributed by atoms with E-state index in [4.69, 9.17) is 4.74 Å². The molecule has 0 aliphatic heterocycles. The summed E-state index contributed by atoms with van der Waals surface area (Å²) in [6.07, 6.45) is -5.33. The van der Waals surface area contributed by atoms with Crippen molar-refractivity contribution in [3.8, 4) is 5.75 Å². The summed E-state index contributed by atoms with van der Waals surface area (Å²) >= 11 is 1.06. The summed E-state index contributed by atoms with van der Waals surface area (Å²) < 4.78 is 51.5. The van der Waals surface area contributed by atoms with Crippen LogP contribution in [0.2, 0.25) is 0 Å². The molecule has 0 unspecified atom stereocenters. The molecular formula is C18H14F3N3O4S. The highest BCUT2D eigenvalue weighted by Crippen LogP contribution is 2.34. The number of aromatic nitrogens is 1. The van der Waals surface area contributed by atoms with Crippen molar-refractivity contribution in [1.29, 1.82) is 0 Å². The summed E-state index contributed by atoms with van der Waals surface area (Å²) in [5.74, 6) is -2.14. The number of alkyl halides is 3. The molecular weight excluding hydrogens is 411 g/mol. The molecule has 1 heterocycles. The summed E-state index contributed by atoms with van der Waals surface area (Å²) in [6.45, 7) is 0. The summed E-state index contributed by atoms with van der Waals surface area (Å²) in [4.78, 5) is 28.5. The van der Waals surface area contributed by atoms with E-state index in [0.717, 1.165) is 23.1 Å². The van der Waals surface area contributed by atoms with E-state index in [-0.39, 0.29) is 10.9 Å². The van der Waals surface area contributed by atoms with E-state index in [9.17, 15) is 22.8 Å². The second kappa shape index (κ2) is 7.95. The Morgan fingerprint density at radius 2 is 1.69 bits per heavy atom. The first-order valence-corrected chi connectivity index (χ1v) is 8.91. The number of benzene rings is 2. The predicted molar refractivity (Wildman–Crippen MR) is 99.6 cm³/mol. The van der Waals surface area contributed by atoms with Crippen LogP contribution in [0.15, 0.2) is 54.6 Å². The lowest BCUT2D eigenvalue weighted by Gasteiger charge is -2.33. The van der Waals surface area contributed by atoms with E-state index in [1.165, 1.54) is 24.3 Å². The number of fused-ring (bicyclic) bond motifs is 1. The Morgan fingerprint density at radius 1 is 1.03 bits per heavy atom. The molecule has 0 saturated carbocycles. The number of methoxy groups -OCH3 is 1. The third kappa shape index (κ3) is 4.24. The van der Waals surface area contributed by atoms with Crippen LogP contribution in [0.3, 0.4) is 0 Å². The molecule has 152 valence electrons. The van der Waals surface area contributed by atoms with E-state index >= 15 is 0 Å². The lowest BCUT2D eigenvalue weighted by atomic mass is 10.2. The summed E-state index contributed by atoms with van der Waals surface area (Å²) in [5, 5.41) is 3.80. The van der Waals surface area contributed by atoms with Crippen molar-refractivity contribution in [3.63, 3.8) is 0 Å². The second-order valence-corrected chi connectivity index (χ2v) is 6.68. The molecule has 1 atom stereocenters. The van der Waals surface area contributed by atoms with E-state index < -0.39 is 23.9 Å². The van der Waals surface area contributed by atoms with Gasteiger partial charge in [-0.05, 0) is 24.3 Å². The smallest absolute Gasteiger partial charge is 0.460 e. The molecule has 0 aliphatic rings. The molecule has 2 aromatic carbocycles. The van der Waals surface area contributed by atoms with Crippen molar-refractivity contribution < 1.29 is 32.2 Å². The van der Waals surface area contributed by atoms with Crippen molar-refractivity contribution in [1.82, 2.24) is 10.3 Å². The highest BCUT2D eigenvalue weighted by atomic mass is 32.1. The number of carbonyl (C=O) groups excluding carboxylic acids is 2. The van der Waals surface area contributed by atoms with Gasteiger partial charge in [0.1, 0.15) is 5.75 Å². The van der Waals surface area contributed by atoms with Gasteiger partial charge in [-0.2, -0.15) is 13.2 Å². The number of nitrogens with zero attached hydrogens (tertiary/aromatic N) is 1. The van der Waals surface area contributed by atoms with Gasteiger partial charge in [0.15, 0.2) is 5.13 Å². The number of carbonyl (C=O) groups is 2. The minimum atomic E-state index is -5.33. The number of amides is 2. The minimum Gasteiger partial charge on any atom is -0.464 e. The first-order valence-electron chi connectivity index (χ1n) is 8.09. The normalized spacial score (nSPS) is 13.4. The molecule has 0 bridgehead atoms. The number of ether oxygens (including phenoxy) is 2. The Balaban J connectivity index is 1.90. The van der Waals surface area contributed by atoms with Gasteiger partial charge >= 0.3 is 23.9 Å². The average molecular weight is 425 g/mol. The van der Waals surface area contributed by atoms with Gasteiger partial charge in [-0.15, -0.1) is 0 Å². The van der Waals surface area contributed by atoms with E-state index in [0.29, 0.717) is 5.52 Å². The molecule has 0 saturated heterocycles. The van der Waals surface area contributed by atoms with Crippen LogP contribution in [0.25, 0.3) is 10.2 Å². The Kier molecular flexibility index (Phi) is 5.59. The van der Waals surface area contributed by atoms with Crippen molar-refractivity contribution >= 4 is 38.7 Å². The minimum absolute atomic E-state index is 0.0457. The molecule has 0 radical (unpaired) electrons. The van der Waals surface area contributed by atoms with Crippen LogP contribution in [0.1, 0.15) is 0 Å². The first kappa shape index (κ1) is 20.4. The molecule has 11 heteroatoms. The number of halogens is 3. The quantitative estimate of drug-likeness (QED) is 0.478. The van der Waals surface area contributed by atoms with E-state index in [1.807, 2.05) is 0 Å². The number of anilines is 1. The zero-order valence-corrected chi connectivity index (χ0v) is 15.6. The molecule has 2 amide bonds. The fraction of sp³-hybridized carbons (Fsp3) is 0.167. The number of nitrogens with one attached hydrogen (secondary N) is 2. The van der Waals surface area contributed by atoms with Crippen molar-refractivity contribution in [2.45, 2.75) is 11.9 Å². The van der Waals surface area contributed by atoms with Gasteiger partial charge < -0.3 is 9.47 Å². The third-order valence-corrected chi connectivity index (χ3v) is 4.64. The summed E-state index contributed by atoms with van der Waals surface area (Å²) in [6, 6.07) is 12.3. The zero-order chi connectivity index (χ0) is 21.1. The monoisotopic (exact) mass is 425 g/mol. The molecule has 3 rings (SSSR count). The second-order valence-electron chi connectivity index (χ2n) is 5.65. The molecule has 3 aromatic rings. The zero-order valence-electron chi connectivity index (χ0n) is 14.8.